The van der Waals surface area contributed by atoms with Crippen LogP contribution in [0.1, 0.15) is 37.7 Å². The molecule has 3 rings (SSSR count). The Hall–Kier alpha value is -0.810. The number of benzene rings is 1. The van der Waals surface area contributed by atoms with E-state index in [2.05, 4.69) is 45.9 Å². The molecule has 154 valence electrons. The fraction of sp³-hybridized carbons (Fsp3) is 0.667. The molecule has 2 fully saturated rings. The van der Waals surface area contributed by atoms with E-state index in [0.29, 0.717) is 0 Å². The zero-order valence-corrected chi connectivity index (χ0v) is 17.8. The number of rotatable bonds is 8. The maximum atomic E-state index is 11.9. The Labute approximate surface area is 176 Å². The normalized spacial score (nSPS) is 20.5. The lowest BCUT2D eigenvalue weighted by Gasteiger charge is -2.32. The van der Waals surface area contributed by atoms with Crippen LogP contribution in [0.5, 0.6) is 0 Å². The number of nitrogens with zero attached hydrogens (tertiary/aromatic N) is 1. The van der Waals surface area contributed by atoms with Crippen LogP contribution in [0.25, 0.3) is 0 Å². The van der Waals surface area contributed by atoms with Crippen molar-refractivity contribution in [2.24, 2.45) is 11.8 Å². The fourth-order valence-electron chi connectivity index (χ4n) is 4.06. The van der Waals surface area contributed by atoms with Crippen molar-refractivity contribution in [2.45, 2.75) is 38.5 Å². The van der Waals surface area contributed by atoms with Crippen LogP contribution in [0.4, 0.5) is 0 Å². The fourth-order valence-corrected chi connectivity index (χ4v) is 4.06. The Morgan fingerprint density at radius 3 is 2.48 bits per heavy atom. The van der Waals surface area contributed by atoms with Gasteiger partial charge >= 0.3 is 0 Å². The number of amides is 1. The first-order valence-electron chi connectivity index (χ1n) is 10.1. The first kappa shape index (κ1) is 24.2. The van der Waals surface area contributed by atoms with Crippen molar-refractivity contribution in [3.05, 3.63) is 35.9 Å². The first-order valence-corrected chi connectivity index (χ1v) is 10.1. The van der Waals surface area contributed by atoms with Gasteiger partial charge in [0.25, 0.3) is 0 Å². The highest BCUT2D eigenvalue weighted by Crippen LogP contribution is 2.21. The van der Waals surface area contributed by atoms with Crippen LogP contribution in [0, 0.1) is 11.8 Å². The van der Waals surface area contributed by atoms with Gasteiger partial charge in [-0.1, -0.05) is 30.3 Å². The summed E-state index contributed by atoms with van der Waals surface area (Å²) in [5, 5.41) is 6.35. The van der Waals surface area contributed by atoms with E-state index in [9.17, 15) is 4.79 Å². The smallest absolute Gasteiger partial charge is 0.224 e. The maximum absolute atomic E-state index is 11.9. The molecule has 2 aliphatic heterocycles. The highest BCUT2D eigenvalue weighted by Gasteiger charge is 2.22. The molecule has 0 saturated carbocycles. The molecule has 2 saturated heterocycles. The van der Waals surface area contributed by atoms with Crippen molar-refractivity contribution >= 4 is 30.7 Å². The lowest BCUT2D eigenvalue weighted by molar-refractivity contribution is -0.124. The molecule has 4 nitrogen and oxygen atoms in total. The van der Waals surface area contributed by atoms with Gasteiger partial charge in [0.2, 0.25) is 5.91 Å². The van der Waals surface area contributed by atoms with Gasteiger partial charge in [0.05, 0.1) is 5.92 Å². The van der Waals surface area contributed by atoms with E-state index in [1.54, 1.807) is 0 Å². The summed E-state index contributed by atoms with van der Waals surface area (Å²) in [6.07, 6.45) is 7.14. The molecule has 1 unspecified atom stereocenters. The van der Waals surface area contributed by atoms with Gasteiger partial charge < -0.3 is 15.5 Å². The van der Waals surface area contributed by atoms with Crippen LogP contribution in [-0.2, 0) is 11.2 Å². The molecule has 2 aliphatic rings. The quantitative estimate of drug-likeness (QED) is 0.640. The second kappa shape index (κ2) is 13.4. The minimum atomic E-state index is 0. The first-order chi connectivity index (χ1) is 12.3. The second-order valence-corrected chi connectivity index (χ2v) is 7.66. The zero-order valence-electron chi connectivity index (χ0n) is 16.2. The van der Waals surface area contributed by atoms with Crippen molar-refractivity contribution in [3.63, 3.8) is 0 Å². The van der Waals surface area contributed by atoms with Gasteiger partial charge in [0.15, 0.2) is 0 Å². The molecule has 1 aromatic carbocycles. The second-order valence-electron chi connectivity index (χ2n) is 7.66. The van der Waals surface area contributed by atoms with Gasteiger partial charge in [0.1, 0.15) is 0 Å². The average molecular weight is 416 g/mol. The Morgan fingerprint density at radius 1 is 1.07 bits per heavy atom. The predicted molar refractivity (Wildman–Crippen MR) is 117 cm³/mol. The number of halogens is 2. The van der Waals surface area contributed by atoms with Crippen LogP contribution < -0.4 is 10.6 Å². The molecular weight excluding hydrogens is 381 g/mol. The molecule has 1 aromatic rings. The van der Waals surface area contributed by atoms with Gasteiger partial charge in [-0.2, -0.15) is 0 Å². The lowest BCUT2D eigenvalue weighted by Crippen LogP contribution is -2.36. The van der Waals surface area contributed by atoms with Crippen LogP contribution in [0.15, 0.2) is 30.3 Å². The third kappa shape index (κ3) is 8.39. The van der Waals surface area contributed by atoms with Crippen molar-refractivity contribution in [1.82, 2.24) is 15.5 Å². The van der Waals surface area contributed by atoms with E-state index in [4.69, 9.17) is 0 Å². The SMILES string of the molecule is Cl.Cl.O=C(NCCCCN1CCC(Cc2ccccc2)CC1)C1CCNC1. The zero-order chi connectivity index (χ0) is 17.3. The molecule has 2 heterocycles. The molecule has 0 spiro atoms. The van der Waals surface area contributed by atoms with E-state index in [-0.39, 0.29) is 36.6 Å². The molecule has 2 N–H and O–H groups in total. The highest BCUT2D eigenvalue weighted by molar-refractivity contribution is 5.85. The van der Waals surface area contributed by atoms with Gasteiger partial charge in [-0.3, -0.25) is 4.79 Å². The lowest BCUT2D eigenvalue weighted by atomic mass is 9.90. The summed E-state index contributed by atoms with van der Waals surface area (Å²) in [7, 11) is 0. The molecule has 0 bridgehead atoms. The van der Waals surface area contributed by atoms with Gasteiger partial charge in [-0.15, -0.1) is 24.8 Å². The molecule has 1 atom stereocenters. The monoisotopic (exact) mass is 415 g/mol. The summed E-state index contributed by atoms with van der Waals surface area (Å²) >= 11 is 0. The molecule has 0 aliphatic carbocycles. The van der Waals surface area contributed by atoms with Crippen molar-refractivity contribution in [3.8, 4) is 0 Å². The van der Waals surface area contributed by atoms with E-state index < -0.39 is 0 Å². The number of likely N-dealkylation sites (tertiary alicyclic amines) is 1. The van der Waals surface area contributed by atoms with Crippen molar-refractivity contribution in [1.29, 1.82) is 0 Å². The van der Waals surface area contributed by atoms with E-state index in [0.717, 1.165) is 38.4 Å². The van der Waals surface area contributed by atoms with Crippen LogP contribution in [0.3, 0.4) is 0 Å². The Bertz CT molecular complexity index is 515. The number of unbranched alkanes of at least 4 members (excludes halogenated alkanes) is 1. The molecule has 6 heteroatoms. The third-order valence-electron chi connectivity index (χ3n) is 5.71. The predicted octanol–water partition coefficient (Wildman–Crippen LogP) is 3.29. The van der Waals surface area contributed by atoms with Crippen LogP contribution in [0.2, 0.25) is 0 Å². The van der Waals surface area contributed by atoms with E-state index in [1.165, 1.54) is 50.9 Å². The standard InChI is InChI=1S/C21H33N3O.2ClH/c25-21(20-8-12-22-17-20)23-11-4-5-13-24-14-9-19(10-15-24)16-18-6-2-1-3-7-18;;/h1-3,6-7,19-20,22H,4-5,8-17H2,(H,23,25);2*1H. The molecule has 27 heavy (non-hydrogen) atoms. The van der Waals surface area contributed by atoms with Gasteiger partial charge in [0, 0.05) is 13.1 Å². The number of hydrogen-bond acceptors (Lipinski definition) is 3. The summed E-state index contributed by atoms with van der Waals surface area (Å²) in [5.74, 6) is 1.29. The number of piperidine rings is 1. The number of carbonyl (C=O) groups is 1. The van der Waals surface area contributed by atoms with Crippen LogP contribution in [-0.4, -0.2) is 50.1 Å². The number of hydrogen-bond donors (Lipinski definition) is 2. The number of nitrogens with one attached hydrogen (secondary N) is 2. The minimum absolute atomic E-state index is 0. The molecular formula is C21H35Cl2N3O. The summed E-state index contributed by atoms with van der Waals surface area (Å²) < 4.78 is 0. The Kier molecular flexibility index (Phi) is 12.0. The highest BCUT2D eigenvalue weighted by atomic mass is 35.5. The van der Waals surface area contributed by atoms with Gasteiger partial charge in [-0.05, 0) is 76.2 Å². The minimum Gasteiger partial charge on any atom is -0.356 e. The summed E-state index contributed by atoms with van der Waals surface area (Å²) in [5.41, 5.74) is 1.48. The molecule has 0 radical (unpaired) electrons. The number of carbonyl (C=O) groups excluding carboxylic acids is 1. The van der Waals surface area contributed by atoms with Crippen LogP contribution >= 0.6 is 24.8 Å². The largest absolute Gasteiger partial charge is 0.356 e. The molecule has 0 aromatic heterocycles. The van der Waals surface area contributed by atoms with Crippen molar-refractivity contribution < 1.29 is 4.79 Å². The maximum Gasteiger partial charge on any atom is 0.224 e. The summed E-state index contributed by atoms with van der Waals surface area (Å²) in [4.78, 5) is 14.5. The van der Waals surface area contributed by atoms with Crippen molar-refractivity contribution in [2.75, 3.05) is 39.3 Å². The molecule has 1 amide bonds. The Balaban J connectivity index is 0.00000182. The Morgan fingerprint density at radius 2 is 1.81 bits per heavy atom. The average Bonchev–Trinajstić information content (AvgIpc) is 3.18. The van der Waals surface area contributed by atoms with Gasteiger partial charge in [-0.25, -0.2) is 0 Å². The van der Waals surface area contributed by atoms with E-state index in [1.807, 2.05) is 0 Å². The summed E-state index contributed by atoms with van der Waals surface area (Å²) in [6, 6.07) is 10.9. The summed E-state index contributed by atoms with van der Waals surface area (Å²) in [6.45, 7) is 6.32. The topological polar surface area (TPSA) is 44.4 Å². The van der Waals surface area contributed by atoms with E-state index >= 15 is 0 Å². The third-order valence-corrected chi connectivity index (χ3v) is 5.71.